The molecule has 0 bridgehead atoms. The highest BCUT2D eigenvalue weighted by atomic mass is 32.2. The average Bonchev–Trinajstić information content (AvgIpc) is 2.65. The van der Waals surface area contributed by atoms with Crippen LogP contribution >= 0.6 is 11.3 Å². The Morgan fingerprint density at radius 1 is 1.47 bits per heavy atom. The molecule has 96 valence electrons. The van der Waals surface area contributed by atoms with Gasteiger partial charge in [-0.25, -0.2) is 13.1 Å². The molecule has 0 saturated heterocycles. The van der Waals surface area contributed by atoms with Gasteiger partial charge in [-0.05, 0) is 25.5 Å². The molecule has 0 radical (unpaired) electrons. The summed E-state index contributed by atoms with van der Waals surface area (Å²) >= 11 is 1.26. The number of aliphatic hydroxyl groups is 1. The van der Waals surface area contributed by atoms with Crippen LogP contribution < -0.4 is 4.72 Å². The van der Waals surface area contributed by atoms with Gasteiger partial charge in [0, 0.05) is 16.3 Å². The molecule has 0 aliphatic heterocycles. The summed E-state index contributed by atoms with van der Waals surface area (Å²) in [6, 6.07) is 3.22. The van der Waals surface area contributed by atoms with Crippen LogP contribution in [0.1, 0.15) is 25.1 Å². The Morgan fingerprint density at radius 2 is 2.12 bits per heavy atom. The smallest absolute Gasteiger partial charge is 0.250 e. The second-order valence-corrected chi connectivity index (χ2v) is 8.34. The molecule has 2 atom stereocenters. The van der Waals surface area contributed by atoms with Crippen LogP contribution in [-0.2, 0) is 10.0 Å². The van der Waals surface area contributed by atoms with E-state index in [1.807, 2.05) is 20.8 Å². The third-order valence-electron chi connectivity index (χ3n) is 3.49. The van der Waals surface area contributed by atoms with E-state index in [4.69, 9.17) is 0 Å². The Labute approximate surface area is 106 Å². The highest BCUT2D eigenvalue weighted by Gasteiger charge is 2.49. The summed E-state index contributed by atoms with van der Waals surface area (Å²) in [6.07, 6.45) is 0.0524. The summed E-state index contributed by atoms with van der Waals surface area (Å²) in [5.41, 5.74) is -0.390. The lowest BCUT2D eigenvalue weighted by atomic mass is 9.65. The highest BCUT2D eigenvalue weighted by Crippen LogP contribution is 2.41. The maximum Gasteiger partial charge on any atom is 0.250 e. The van der Waals surface area contributed by atoms with Crippen molar-refractivity contribution in [1.82, 2.24) is 4.72 Å². The van der Waals surface area contributed by atoms with Gasteiger partial charge in [0.25, 0.3) is 0 Å². The summed E-state index contributed by atoms with van der Waals surface area (Å²) in [5, 5.41) is 9.59. The molecule has 1 aromatic rings. The minimum atomic E-state index is -3.44. The lowest BCUT2D eigenvalue weighted by molar-refractivity contribution is -0.0645. The zero-order chi connectivity index (χ0) is 12.8. The fourth-order valence-corrected chi connectivity index (χ4v) is 4.61. The van der Waals surface area contributed by atoms with Crippen molar-refractivity contribution in [2.75, 3.05) is 0 Å². The molecule has 1 aliphatic carbocycles. The van der Waals surface area contributed by atoms with Crippen molar-refractivity contribution in [3.8, 4) is 0 Å². The third-order valence-corrected chi connectivity index (χ3v) is 6.46. The molecule has 17 heavy (non-hydrogen) atoms. The number of aliphatic hydroxyl groups excluding tert-OH is 1. The van der Waals surface area contributed by atoms with E-state index >= 15 is 0 Å². The topological polar surface area (TPSA) is 66.4 Å². The van der Waals surface area contributed by atoms with E-state index in [2.05, 4.69) is 4.72 Å². The largest absolute Gasteiger partial charge is 0.392 e. The van der Waals surface area contributed by atoms with Crippen molar-refractivity contribution in [3.63, 3.8) is 0 Å². The van der Waals surface area contributed by atoms with Gasteiger partial charge >= 0.3 is 0 Å². The third kappa shape index (κ3) is 2.27. The second-order valence-electron chi connectivity index (χ2n) is 5.11. The van der Waals surface area contributed by atoms with Crippen LogP contribution in [0.15, 0.2) is 16.3 Å². The van der Waals surface area contributed by atoms with E-state index in [0.717, 1.165) is 4.88 Å². The van der Waals surface area contributed by atoms with Crippen LogP contribution in [0.5, 0.6) is 0 Å². The Balaban J connectivity index is 2.15. The molecule has 2 rings (SSSR count). The van der Waals surface area contributed by atoms with Gasteiger partial charge in [0.05, 0.1) is 6.10 Å². The lowest BCUT2D eigenvalue weighted by Crippen LogP contribution is -2.60. The zero-order valence-corrected chi connectivity index (χ0v) is 11.7. The van der Waals surface area contributed by atoms with Crippen molar-refractivity contribution in [1.29, 1.82) is 0 Å². The Kier molecular flexibility index (Phi) is 3.10. The molecule has 1 saturated carbocycles. The number of aryl methyl sites for hydroxylation is 1. The molecule has 1 heterocycles. The summed E-state index contributed by atoms with van der Waals surface area (Å²) in [6.45, 7) is 5.61. The van der Waals surface area contributed by atoms with Crippen LogP contribution in [0, 0.1) is 12.3 Å². The standard InChI is InChI=1S/C11H17NO3S2/c1-7-4-5-10(16-7)17(14,15)12-8-6-9(13)11(8,2)3/h4-5,8-9,12-13H,6H2,1-3H3. The molecule has 2 unspecified atom stereocenters. The number of hydrogen-bond acceptors (Lipinski definition) is 4. The van der Waals surface area contributed by atoms with Gasteiger partial charge < -0.3 is 5.11 Å². The monoisotopic (exact) mass is 275 g/mol. The van der Waals surface area contributed by atoms with Crippen molar-refractivity contribution < 1.29 is 13.5 Å². The average molecular weight is 275 g/mol. The minimum absolute atomic E-state index is 0.190. The number of nitrogens with one attached hydrogen (secondary N) is 1. The van der Waals surface area contributed by atoms with Gasteiger partial charge in [-0.15, -0.1) is 11.3 Å². The van der Waals surface area contributed by atoms with E-state index in [1.54, 1.807) is 12.1 Å². The first-order chi connectivity index (χ1) is 7.73. The normalized spacial score (nSPS) is 27.8. The second kappa shape index (κ2) is 4.05. The van der Waals surface area contributed by atoms with Gasteiger partial charge in [-0.1, -0.05) is 13.8 Å². The molecule has 0 amide bonds. The molecule has 1 aromatic heterocycles. The van der Waals surface area contributed by atoms with Crippen molar-refractivity contribution >= 4 is 21.4 Å². The summed E-state index contributed by atoms with van der Waals surface area (Å²) < 4.78 is 27.1. The van der Waals surface area contributed by atoms with Gasteiger partial charge in [0.1, 0.15) is 4.21 Å². The molecule has 2 N–H and O–H groups in total. The molecule has 1 fully saturated rings. The fourth-order valence-electron chi connectivity index (χ4n) is 1.90. The first-order valence-corrected chi connectivity index (χ1v) is 7.80. The Morgan fingerprint density at radius 3 is 2.53 bits per heavy atom. The Hall–Kier alpha value is -0.430. The molecule has 4 nitrogen and oxygen atoms in total. The highest BCUT2D eigenvalue weighted by molar-refractivity contribution is 7.91. The van der Waals surface area contributed by atoms with E-state index in [0.29, 0.717) is 10.6 Å². The molecule has 6 heteroatoms. The number of sulfonamides is 1. The number of rotatable bonds is 3. The van der Waals surface area contributed by atoms with Crippen LogP contribution in [0.4, 0.5) is 0 Å². The SMILES string of the molecule is Cc1ccc(S(=O)(=O)NC2CC(O)C2(C)C)s1. The van der Waals surface area contributed by atoms with E-state index in [9.17, 15) is 13.5 Å². The maximum absolute atomic E-state index is 12.1. The molecular weight excluding hydrogens is 258 g/mol. The first-order valence-electron chi connectivity index (χ1n) is 5.50. The summed E-state index contributed by atoms with van der Waals surface area (Å²) in [7, 11) is -3.44. The fraction of sp³-hybridized carbons (Fsp3) is 0.636. The van der Waals surface area contributed by atoms with E-state index in [-0.39, 0.29) is 11.5 Å². The van der Waals surface area contributed by atoms with Gasteiger partial charge in [-0.2, -0.15) is 0 Å². The van der Waals surface area contributed by atoms with Gasteiger partial charge in [0.15, 0.2) is 0 Å². The molecular formula is C11H17NO3S2. The first kappa shape index (κ1) is 13.0. The van der Waals surface area contributed by atoms with E-state index in [1.165, 1.54) is 11.3 Å². The van der Waals surface area contributed by atoms with E-state index < -0.39 is 16.1 Å². The predicted molar refractivity (Wildman–Crippen MR) is 67.6 cm³/mol. The predicted octanol–water partition coefficient (Wildman–Crippen LogP) is 1.49. The number of thiophene rings is 1. The van der Waals surface area contributed by atoms with Crippen LogP contribution in [0.3, 0.4) is 0 Å². The van der Waals surface area contributed by atoms with Crippen LogP contribution in [0.2, 0.25) is 0 Å². The minimum Gasteiger partial charge on any atom is -0.392 e. The van der Waals surface area contributed by atoms with Crippen molar-refractivity contribution in [2.45, 2.75) is 43.5 Å². The quantitative estimate of drug-likeness (QED) is 0.878. The van der Waals surface area contributed by atoms with Crippen LogP contribution in [0.25, 0.3) is 0 Å². The van der Waals surface area contributed by atoms with Crippen LogP contribution in [-0.4, -0.2) is 25.7 Å². The molecule has 1 aliphatic rings. The zero-order valence-electron chi connectivity index (χ0n) is 10.1. The lowest BCUT2D eigenvalue weighted by Gasteiger charge is -2.49. The number of hydrogen-bond donors (Lipinski definition) is 2. The molecule has 0 spiro atoms. The van der Waals surface area contributed by atoms with Gasteiger partial charge in [0.2, 0.25) is 10.0 Å². The summed E-state index contributed by atoms with van der Waals surface area (Å²) in [5.74, 6) is 0. The maximum atomic E-state index is 12.1. The van der Waals surface area contributed by atoms with Crippen molar-refractivity contribution in [2.24, 2.45) is 5.41 Å². The molecule has 0 aromatic carbocycles. The summed E-state index contributed by atoms with van der Waals surface area (Å²) in [4.78, 5) is 0.971. The van der Waals surface area contributed by atoms with Gasteiger partial charge in [-0.3, -0.25) is 0 Å². The Bertz CT molecular complexity index is 519. The van der Waals surface area contributed by atoms with Crippen molar-refractivity contribution in [3.05, 3.63) is 17.0 Å².